The predicted molar refractivity (Wildman–Crippen MR) is 87.0 cm³/mol. The van der Waals surface area contributed by atoms with Crippen molar-refractivity contribution in [3.63, 3.8) is 0 Å². The van der Waals surface area contributed by atoms with E-state index >= 15 is 0 Å². The van der Waals surface area contributed by atoms with E-state index in [0.29, 0.717) is 0 Å². The summed E-state index contributed by atoms with van der Waals surface area (Å²) < 4.78 is 5.34. The molecule has 5 heteroatoms. The Bertz CT molecular complexity index is 511. The second kappa shape index (κ2) is 8.56. The van der Waals surface area contributed by atoms with Crippen molar-refractivity contribution in [1.29, 1.82) is 0 Å². The third-order valence-corrected chi connectivity index (χ3v) is 4.57. The smallest absolute Gasteiger partial charge is 0.410 e. The van der Waals surface area contributed by atoms with E-state index in [1.54, 1.807) is 7.05 Å². The number of hydrogen-bond donors (Lipinski definition) is 1. The van der Waals surface area contributed by atoms with E-state index in [9.17, 15) is 14.7 Å². The van der Waals surface area contributed by atoms with Crippen LogP contribution >= 0.6 is 0 Å². The van der Waals surface area contributed by atoms with Gasteiger partial charge in [-0.15, -0.1) is 0 Å². The topological polar surface area (TPSA) is 66.8 Å². The van der Waals surface area contributed by atoms with E-state index in [0.717, 1.165) is 31.2 Å². The number of carboxylic acids is 1. The van der Waals surface area contributed by atoms with Gasteiger partial charge in [0.15, 0.2) is 0 Å². The molecule has 0 aromatic heterocycles. The molecule has 5 nitrogen and oxygen atoms in total. The molecule has 0 radical (unpaired) electrons. The molecule has 0 heterocycles. The molecule has 23 heavy (non-hydrogen) atoms. The van der Waals surface area contributed by atoms with Crippen molar-refractivity contribution < 1.29 is 19.4 Å². The fourth-order valence-electron chi connectivity index (χ4n) is 3.27. The third-order valence-electron chi connectivity index (χ3n) is 4.57. The van der Waals surface area contributed by atoms with Crippen molar-refractivity contribution in [3.8, 4) is 0 Å². The van der Waals surface area contributed by atoms with Crippen LogP contribution in [0.5, 0.6) is 0 Å². The number of amides is 1. The maximum Gasteiger partial charge on any atom is 0.410 e. The van der Waals surface area contributed by atoms with Gasteiger partial charge in [0.1, 0.15) is 6.61 Å². The maximum atomic E-state index is 12.3. The van der Waals surface area contributed by atoms with Gasteiger partial charge in [0, 0.05) is 13.1 Å². The molecule has 1 aromatic rings. The van der Waals surface area contributed by atoms with Crippen LogP contribution in [0.2, 0.25) is 0 Å². The van der Waals surface area contributed by atoms with E-state index in [1.165, 1.54) is 11.3 Å². The minimum absolute atomic E-state index is 0.0262. The van der Waals surface area contributed by atoms with Gasteiger partial charge in [-0.2, -0.15) is 0 Å². The highest BCUT2D eigenvalue weighted by molar-refractivity contribution is 5.71. The fraction of sp³-hybridized carbons (Fsp3) is 0.556. The largest absolute Gasteiger partial charge is 0.481 e. The predicted octanol–water partition coefficient (Wildman–Crippen LogP) is 3.68. The molecule has 0 spiro atoms. The Labute approximate surface area is 137 Å². The van der Waals surface area contributed by atoms with Gasteiger partial charge in [0.25, 0.3) is 0 Å². The Morgan fingerprint density at radius 2 is 1.87 bits per heavy atom. The molecule has 1 amide bonds. The van der Waals surface area contributed by atoms with Gasteiger partial charge in [-0.25, -0.2) is 4.79 Å². The summed E-state index contributed by atoms with van der Waals surface area (Å²) >= 11 is 0. The number of nitrogens with zero attached hydrogens (tertiary/aromatic N) is 1. The number of ether oxygens (including phenoxy) is 1. The molecule has 1 aliphatic carbocycles. The monoisotopic (exact) mass is 319 g/mol. The zero-order valence-corrected chi connectivity index (χ0v) is 13.6. The van der Waals surface area contributed by atoms with Crippen molar-refractivity contribution in [1.82, 2.24) is 4.90 Å². The Morgan fingerprint density at radius 1 is 1.22 bits per heavy atom. The summed E-state index contributed by atoms with van der Waals surface area (Å²) in [6, 6.07) is 9.18. The number of carbonyl (C=O) groups excluding carboxylic acids is 1. The van der Waals surface area contributed by atoms with Gasteiger partial charge in [0.05, 0.1) is 6.42 Å². The number of carbonyl (C=O) groups is 2. The van der Waals surface area contributed by atoms with Gasteiger partial charge in [-0.1, -0.05) is 49.6 Å². The summed E-state index contributed by atoms with van der Waals surface area (Å²) in [6.07, 6.45) is 4.88. The van der Waals surface area contributed by atoms with Crippen LogP contribution in [0.4, 0.5) is 4.79 Å². The van der Waals surface area contributed by atoms with Crippen LogP contribution < -0.4 is 0 Å². The first-order valence-electron chi connectivity index (χ1n) is 8.23. The molecule has 0 aliphatic heterocycles. The lowest BCUT2D eigenvalue weighted by atomic mass is 9.82. The zero-order chi connectivity index (χ0) is 16.7. The SMILES string of the molecule is CN(C(=O)OCc1ccccc1)[C@@H](CC(=O)O)C1CCCCC1. The minimum Gasteiger partial charge on any atom is -0.481 e. The van der Waals surface area contributed by atoms with Crippen molar-refractivity contribution in [2.45, 2.75) is 51.2 Å². The van der Waals surface area contributed by atoms with E-state index in [-0.39, 0.29) is 25.0 Å². The van der Waals surface area contributed by atoms with Crippen LogP contribution in [0.1, 0.15) is 44.1 Å². The summed E-state index contributed by atoms with van der Waals surface area (Å²) in [5.41, 5.74) is 0.918. The van der Waals surface area contributed by atoms with Crippen LogP contribution in [-0.2, 0) is 16.1 Å². The van der Waals surface area contributed by atoms with Crippen molar-refractivity contribution >= 4 is 12.1 Å². The zero-order valence-electron chi connectivity index (χ0n) is 13.6. The molecule has 126 valence electrons. The second-order valence-corrected chi connectivity index (χ2v) is 6.21. The average Bonchev–Trinajstić information content (AvgIpc) is 2.58. The summed E-state index contributed by atoms with van der Waals surface area (Å²) in [4.78, 5) is 25.0. The molecule has 1 aromatic carbocycles. The third kappa shape index (κ3) is 5.27. The summed E-state index contributed by atoms with van der Waals surface area (Å²) in [6.45, 7) is 0.203. The molecular formula is C18H25NO4. The van der Waals surface area contributed by atoms with Crippen LogP contribution in [0, 0.1) is 5.92 Å². The summed E-state index contributed by atoms with van der Waals surface area (Å²) in [7, 11) is 1.65. The number of aliphatic carboxylic acids is 1. The van der Waals surface area contributed by atoms with Crippen LogP contribution in [0.25, 0.3) is 0 Å². The Morgan fingerprint density at radius 3 is 2.48 bits per heavy atom. The van der Waals surface area contributed by atoms with Crippen LogP contribution in [0.3, 0.4) is 0 Å². The molecular weight excluding hydrogens is 294 g/mol. The molecule has 0 saturated heterocycles. The van der Waals surface area contributed by atoms with E-state index < -0.39 is 12.1 Å². The van der Waals surface area contributed by atoms with Gasteiger partial charge in [-0.05, 0) is 24.3 Å². The Balaban J connectivity index is 1.95. The van der Waals surface area contributed by atoms with Gasteiger partial charge in [-0.3, -0.25) is 4.79 Å². The first kappa shape index (κ1) is 17.3. The lowest BCUT2D eigenvalue weighted by Gasteiger charge is -2.35. The molecule has 1 fully saturated rings. The summed E-state index contributed by atoms with van der Waals surface area (Å²) in [5.74, 6) is -0.627. The van der Waals surface area contributed by atoms with Gasteiger partial charge >= 0.3 is 12.1 Å². The van der Waals surface area contributed by atoms with Gasteiger partial charge in [0.2, 0.25) is 0 Å². The molecule has 0 bridgehead atoms. The molecule has 1 N–H and O–H groups in total. The highest BCUT2D eigenvalue weighted by atomic mass is 16.6. The second-order valence-electron chi connectivity index (χ2n) is 6.21. The number of benzene rings is 1. The van der Waals surface area contributed by atoms with Crippen molar-refractivity contribution in [2.75, 3.05) is 7.05 Å². The first-order chi connectivity index (χ1) is 11.1. The average molecular weight is 319 g/mol. The standard InChI is InChI=1S/C18H25NO4/c1-19(18(22)23-13-14-8-4-2-5-9-14)16(12-17(20)21)15-10-6-3-7-11-15/h2,4-5,8-9,15-16H,3,6-7,10-13H2,1H3,(H,20,21)/t16-/m0/s1. The number of hydrogen-bond acceptors (Lipinski definition) is 3. The minimum atomic E-state index is -0.872. The molecule has 2 rings (SSSR count). The number of carboxylic acid groups (broad SMARTS) is 1. The van der Waals surface area contributed by atoms with Crippen LogP contribution in [-0.4, -0.2) is 35.2 Å². The highest BCUT2D eigenvalue weighted by Gasteiger charge is 2.32. The number of rotatable bonds is 6. The molecule has 0 unspecified atom stereocenters. The normalized spacial score (nSPS) is 16.6. The maximum absolute atomic E-state index is 12.3. The quantitative estimate of drug-likeness (QED) is 0.868. The van der Waals surface area contributed by atoms with E-state index in [2.05, 4.69) is 0 Å². The highest BCUT2D eigenvalue weighted by Crippen LogP contribution is 2.30. The van der Waals surface area contributed by atoms with E-state index in [4.69, 9.17) is 4.74 Å². The van der Waals surface area contributed by atoms with Crippen molar-refractivity contribution in [3.05, 3.63) is 35.9 Å². The molecule has 1 aliphatic rings. The van der Waals surface area contributed by atoms with Crippen molar-refractivity contribution in [2.24, 2.45) is 5.92 Å². The van der Waals surface area contributed by atoms with Crippen LogP contribution in [0.15, 0.2) is 30.3 Å². The lowest BCUT2D eigenvalue weighted by Crippen LogP contribution is -2.44. The molecule has 1 atom stereocenters. The summed E-state index contributed by atoms with van der Waals surface area (Å²) in [5, 5.41) is 9.17. The Hall–Kier alpha value is -2.04. The fourth-order valence-corrected chi connectivity index (χ4v) is 3.27. The lowest BCUT2D eigenvalue weighted by molar-refractivity contribution is -0.138. The first-order valence-corrected chi connectivity index (χ1v) is 8.23. The van der Waals surface area contributed by atoms with E-state index in [1.807, 2.05) is 30.3 Å². The Kier molecular flexibility index (Phi) is 6.44. The molecule has 1 saturated carbocycles. The van der Waals surface area contributed by atoms with Gasteiger partial charge < -0.3 is 14.7 Å².